The maximum atomic E-state index is 13.4. The van der Waals surface area contributed by atoms with E-state index in [1.54, 1.807) is 12.0 Å². The van der Waals surface area contributed by atoms with Crippen molar-refractivity contribution >= 4 is 22.6 Å². The molecule has 3 rings (SSSR count). The molecular formula is C28H34N2O4. The summed E-state index contributed by atoms with van der Waals surface area (Å²) in [6.45, 7) is 4.75. The van der Waals surface area contributed by atoms with Crippen molar-refractivity contribution in [3.8, 4) is 11.5 Å². The van der Waals surface area contributed by atoms with Crippen LogP contribution in [0.4, 0.5) is 0 Å². The van der Waals surface area contributed by atoms with Gasteiger partial charge in [0.15, 0.2) is 6.61 Å². The van der Waals surface area contributed by atoms with Gasteiger partial charge in [0, 0.05) is 18.5 Å². The van der Waals surface area contributed by atoms with Gasteiger partial charge in [0.25, 0.3) is 5.91 Å². The molecule has 0 unspecified atom stereocenters. The first-order valence-corrected chi connectivity index (χ1v) is 11.9. The van der Waals surface area contributed by atoms with E-state index in [4.69, 9.17) is 9.47 Å². The van der Waals surface area contributed by atoms with Crippen LogP contribution in [-0.4, -0.2) is 43.0 Å². The van der Waals surface area contributed by atoms with E-state index < -0.39 is 6.04 Å². The minimum atomic E-state index is -0.581. The molecule has 6 heteroatoms. The van der Waals surface area contributed by atoms with Gasteiger partial charge >= 0.3 is 0 Å². The maximum absolute atomic E-state index is 13.4. The SMILES string of the molecule is CCCCNC(=O)[C@@H](CC)N(Cc1ccc(OC)cc1)C(=O)COc1cccc2ccccc12. The van der Waals surface area contributed by atoms with Crippen molar-refractivity contribution in [2.45, 2.75) is 45.7 Å². The van der Waals surface area contributed by atoms with Gasteiger partial charge in [-0.15, -0.1) is 0 Å². The summed E-state index contributed by atoms with van der Waals surface area (Å²) in [4.78, 5) is 28.0. The molecule has 0 saturated heterocycles. The first-order chi connectivity index (χ1) is 16.6. The van der Waals surface area contributed by atoms with E-state index in [2.05, 4.69) is 12.2 Å². The van der Waals surface area contributed by atoms with Crippen molar-refractivity contribution < 1.29 is 19.1 Å². The van der Waals surface area contributed by atoms with Crippen molar-refractivity contribution in [2.75, 3.05) is 20.3 Å². The smallest absolute Gasteiger partial charge is 0.261 e. The second kappa shape index (κ2) is 12.6. The molecule has 0 radical (unpaired) electrons. The Morgan fingerprint density at radius 2 is 1.71 bits per heavy atom. The summed E-state index contributed by atoms with van der Waals surface area (Å²) >= 11 is 0. The lowest BCUT2D eigenvalue weighted by Crippen LogP contribution is -2.50. The van der Waals surface area contributed by atoms with Crippen LogP contribution in [0.5, 0.6) is 11.5 Å². The second-order valence-corrected chi connectivity index (χ2v) is 8.20. The number of ether oxygens (including phenoxy) is 2. The fraction of sp³-hybridized carbons (Fsp3) is 0.357. The van der Waals surface area contributed by atoms with E-state index in [1.807, 2.05) is 73.7 Å². The molecule has 180 valence electrons. The van der Waals surface area contributed by atoms with Crippen LogP contribution in [-0.2, 0) is 16.1 Å². The third kappa shape index (κ3) is 6.50. The first kappa shape index (κ1) is 25.1. The van der Waals surface area contributed by atoms with E-state index in [9.17, 15) is 9.59 Å². The fourth-order valence-electron chi connectivity index (χ4n) is 3.90. The molecule has 0 fully saturated rings. The lowest BCUT2D eigenvalue weighted by Gasteiger charge is -2.30. The number of carbonyl (C=O) groups is 2. The van der Waals surface area contributed by atoms with E-state index in [0.29, 0.717) is 25.3 Å². The van der Waals surface area contributed by atoms with Crippen LogP contribution >= 0.6 is 0 Å². The third-order valence-corrected chi connectivity index (χ3v) is 5.83. The predicted octanol–water partition coefficient (Wildman–Crippen LogP) is 4.95. The number of unbranched alkanes of at least 4 members (excludes halogenated alkanes) is 1. The minimum Gasteiger partial charge on any atom is -0.497 e. The molecule has 0 saturated carbocycles. The lowest BCUT2D eigenvalue weighted by atomic mass is 10.1. The zero-order valence-corrected chi connectivity index (χ0v) is 20.3. The summed E-state index contributed by atoms with van der Waals surface area (Å²) in [7, 11) is 1.61. The highest BCUT2D eigenvalue weighted by atomic mass is 16.5. The second-order valence-electron chi connectivity index (χ2n) is 8.20. The maximum Gasteiger partial charge on any atom is 0.261 e. The summed E-state index contributed by atoms with van der Waals surface area (Å²) in [6.07, 6.45) is 2.40. The number of hydrogen-bond acceptors (Lipinski definition) is 4. The van der Waals surface area contributed by atoms with Crippen LogP contribution in [0.1, 0.15) is 38.7 Å². The molecule has 0 spiro atoms. The zero-order chi connectivity index (χ0) is 24.3. The van der Waals surface area contributed by atoms with Gasteiger partial charge in [-0.25, -0.2) is 0 Å². The molecule has 3 aromatic rings. The van der Waals surface area contributed by atoms with Crippen LogP contribution in [0.2, 0.25) is 0 Å². The Hall–Kier alpha value is -3.54. The van der Waals surface area contributed by atoms with Crippen molar-refractivity contribution in [1.29, 1.82) is 0 Å². The van der Waals surface area contributed by atoms with Gasteiger partial charge in [0.2, 0.25) is 5.91 Å². The number of methoxy groups -OCH3 is 1. The average molecular weight is 463 g/mol. The summed E-state index contributed by atoms with van der Waals surface area (Å²) in [5, 5.41) is 4.97. The minimum absolute atomic E-state index is 0.136. The molecule has 34 heavy (non-hydrogen) atoms. The lowest BCUT2D eigenvalue weighted by molar-refractivity contribution is -0.142. The first-order valence-electron chi connectivity index (χ1n) is 11.9. The summed E-state index contributed by atoms with van der Waals surface area (Å²) < 4.78 is 11.2. The van der Waals surface area contributed by atoms with Crippen molar-refractivity contribution in [3.05, 3.63) is 72.3 Å². The Labute approximate surface area is 201 Å². The number of hydrogen-bond donors (Lipinski definition) is 1. The number of carbonyl (C=O) groups excluding carboxylic acids is 2. The van der Waals surface area contributed by atoms with Gasteiger partial charge in [-0.05, 0) is 42.0 Å². The summed E-state index contributed by atoms with van der Waals surface area (Å²) in [5.74, 6) is 1.02. The fourth-order valence-corrected chi connectivity index (χ4v) is 3.90. The predicted molar refractivity (Wildman–Crippen MR) is 135 cm³/mol. The highest BCUT2D eigenvalue weighted by Crippen LogP contribution is 2.25. The van der Waals surface area contributed by atoms with Crippen molar-refractivity contribution in [1.82, 2.24) is 10.2 Å². The molecule has 0 bridgehead atoms. The number of nitrogens with zero attached hydrogens (tertiary/aromatic N) is 1. The quantitative estimate of drug-likeness (QED) is 0.387. The Balaban J connectivity index is 1.80. The number of rotatable bonds is 12. The number of fused-ring (bicyclic) bond motifs is 1. The number of amides is 2. The molecule has 0 aliphatic carbocycles. The topological polar surface area (TPSA) is 67.9 Å². The molecule has 1 N–H and O–H groups in total. The molecule has 1 atom stereocenters. The molecule has 3 aromatic carbocycles. The molecule has 0 aromatic heterocycles. The molecule has 0 aliphatic rings. The molecule has 6 nitrogen and oxygen atoms in total. The van der Waals surface area contributed by atoms with Gasteiger partial charge in [-0.2, -0.15) is 0 Å². The van der Waals surface area contributed by atoms with Crippen LogP contribution in [0, 0.1) is 0 Å². The van der Waals surface area contributed by atoms with Gasteiger partial charge in [0.1, 0.15) is 17.5 Å². The average Bonchev–Trinajstić information content (AvgIpc) is 2.87. The summed E-state index contributed by atoms with van der Waals surface area (Å²) in [5.41, 5.74) is 0.916. The van der Waals surface area contributed by atoms with Gasteiger partial charge in [-0.3, -0.25) is 9.59 Å². The monoisotopic (exact) mass is 462 g/mol. The van der Waals surface area contributed by atoms with Gasteiger partial charge < -0.3 is 19.7 Å². The highest BCUT2D eigenvalue weighted by Gasteiger charge is 2.29. The Kier molecular flexibility index (Phi) is 9.32. The van der Waals surface area contributed by atoms with Crippen LogP contribution in [0.25, 0.3) is 10.8 Å². The zero-order valence-electron chi connectivity index (χ0n) is 20.3. The van der Waals surface area contributed by atoms with Crippen molar-refractivity contribution in [3.63, 3.8) is 0 Å². The van der Waals surface area contributed by atoms with E-state index in [-0.39, 0.29) is 18.4 Å². The molecule has 0 aliphatic heterocycles. The summed E-state index contributed by atoms with van der Waals surface area (Å²) in [6, 6.07) is 20.6. The van der Waals surface area contributed by atoms with Crippen molar-refractivity contribution in [2.24, 2.45) is 0 Å². The Morgan fingerprint density at radius 3 is 2.41 bits per heavy atom. The largest absolute Gasteiger partial charge is 0.497 e. The standard InChI is InChI=1S/C28H34N2O4/c1-4-6-18-29-28(32)25(5-2)30(19-21-14-16-23(33-3)17-15-21)27(31)20-34-26-13-9-11-22-10-7-8-12-24(22)26/h7-17,25H,4-6,18-20H2,1-3H3,(H,29,32)/t25-/m1/s1. The third-order valence-electron chi connectivity index (χ3n) is 5.83. The van der Waals surface area contributed by atoms with Crippen LogP contribution < -0.4 is 14.8 Å². The highest BCUT2D eigenvalue weighted by molar-refractivity contribution is 5.90. The Morgan fingerprint density at radius 1 is 0.971 bits per heavy atom. The normalized spacial score (nSPS) is 11.6. The molecule has 2 amide bonds. The molecule has 0 heterocycles. The van der Waals surface area contributed by atoms with Gasteiger partial charge in [-0.1, -0.05) is 68.8 Å². The Bertz CT molecular complexity index is 1080. The van der Waals surface area contributed by atoms with Gasteiger partial charge in [0.05, 0.1) is 7.11 Å². The van der Waals surface area contributed by atoms with Crippen LogP contribution in [0.3, 0.4) is 0 Å². The van der Waals surface area contributed by atoms with E-state index in [1.165, 1.54) is 0 Å². The number of nitrogens with one attached hydrogen (secondary N) is 1. The van der Waals surface area contributed by atoms with Crippen LogP contribution in [0.15, 0.2) is 66.7 Å². The molecular weight excluding hydrogens is 428 g/mol. The van der Waals surface area contributed by atoms with E-state index in [0.717, 1.165) is 34.9 Å². The number of benzene rings is 3. The van der Waals surface area contributed by atoms with E-state index >= 15 is 0 Å².